The molecule has 1 heterocycles. The first kappa shape index (κ1) is 21.9. The molecule has 0 bridgehead atoms. The quantitative estimate of drug-likeness (QED) is 0.300. The van der Waals surface area contributed by atoms with Gasteiger partial charge in [0.1, 0.15) is 5.25 Å². The van der Waals surface area contributed by atoms with Crippen LogP contribution < -0.4 is 10.6 Å². The molecule has 1 atom stereocenters. The zero-order valence-corrected chi connectivity index (χ0v) is 19.1. The van der Waals surface area contributed by atoms with Gasteiger partial charge in [0.15, 0.2) is 0 Å². The molecule has 0 aliphatic carbocycles. The van der Waals surface area contributed by atoms with Crippen molar-refractivity contribution >= 4 is 46.3 Å². The summed E-state index contributed by atoms with van der Waals surface area (Å²) in [5.74, 6) is -0.239. The van der Waals surface area contributed by atoms with E-state index in [-0.39, 0.29) is 11.8 Å². The number of hydrogen-bond acceptors (Lipinski definition) is 4. The maximum absolute atomic E-state index is 13.2. The Labute approximate surface area is 195 Å². The number of rotatable bonds is 7. The van der Waals surface area contributed by atoms with Crippen LogP contribution in [0, 0.1) is 6.92 Å². The van der Waals surface area contributed by atoms with Gasteiger partial charge in [0.2, 0.25) is 5.91 Å². The molecule has 1 aromatic heterocycles. The molecule has 0 aliphatic rings. The normalized spacial score (nSPS) is 11.5. The lowest BCUT2D eigenvalue weighted by Gasteiger charge is -2.18. The highest BCUT2D eigenvalue weighted by Gasteiger charge is 2.22. The van der Waals surface area contributed by atoms with Crippen LogP contribution in [0.1, 0.15) is 26.0 Å². The summed E-state index contributed by atoms with van der Waals surface area (Å²) in [5.41, 5.74) is 3.51. The number of anilines is 2. The van der Waals surface area contributed by atoms with Crippen LogP contribution in [0.3, 0.4) is 0 Å². The molecule has 4 aromatic rings. The van der Waals surface area contributed by atoms with Gasteiger partial charge in [-0.05, 0) is 54.3 Å². The molecule has 0 fully saturated rings. The molecular weight excluding hydrogens is 436 g/mol. The lowest BCUT2D eigenvalue weighted by molar-refractivity contribution is -0.115. The van der Waals surface area contributed by atoms with Gasteiger partial charge in [-0.2, -0.15) is 0 Å². The third-order valence-electron chi connectivity index (χ3n) is 4.75. The first-order valence-corrected chi connectivity index (χ1v) is 11.9. The highest BCUT2D eigenvalue weighted by molar-refractivity contribution is 8.00. The number of carbonyl (C=O) groups excluding carboxylic acids is 2. The minimum absolute atomic E-state index is 0.0990. The van der Waals surface area contributed by atoms with Crippen LogP contribution in [-0.4, -0.2) is 11.8 Å². The minimum Gasteiger partial charge on any atom is -0.325 e. The van der Waals surface area contributed by atoms with E-state index in [1.54, 1.807) is 6.07 Å². The summed E-state index contributed by atoms with van der Waals surface area (Å²) in [6.07, 6.45) is 0. The lowest BCUT2D eigenvalue weighted by Crippen LogP contribution is -2.19. The summed E-state index contributed by atoms with van der Waals surface area (Å²) < 4.78 is 0. The molecule has 0 spiro atoms. The Balaban J connectivity index is 1.54. The Morgan fingerprint density at radius 2 is 1.59 bits per heavy atom. The predicted octanol–water partition coefficient (Wildman–Crippen LogP) is 6.78. The summed E-state index contributed by atoms with van der Waals surface area (Å²) in [6.45, 7) is 2.01. The van der Waals surface area contributed by atoms with Crippen LogP contribution in [0.4, 0.5) is 11.4 Å². The van der Waals surface area contributed by atoms with Crippen molar-refractivity contribution in [3.05, 3.63) is 112 Å². The molecule has 6 heteroatoms. The van der Waals surface area contributed by atoms with Crippen molar-refractivity contribution in [3.63, 3.8) is 0 Å². The average molecular weight is 459 g/mol. The van der Waals surface area contributed by atoms with Crippen LogP contribution in [-0.2, 0) is 4.79 Å². The number of hydrogen-bond donors (Lipinski definition) is 2. The van der Waals surface area contributed by atoms with Crippen molar-refractivity contribution in [2.75, 3.05) is 10.6 Å². The van der Waals surface area contributed by atoms with E-state index in [2.05, 4.69) is 10.6 Å². The average Bonchev–Trinajstić information content (AvgIpc) is 3.35. The van der Waals surface area contributed by atoms with E-state index >= 15 is 0 Å². The molecule has 160 valence electrons. The topological polar surface area (TPSA) is 58.2 Å². The summed E-state index contributed by atoms with van der Waals surface area (Å²) in [6, 6.07) is 28.7. The Hall–Kier alpha value is -3.35. The van der Waals surface area contributed by atoms with E-state index in [9.17, 15) is 9.59 Å². The van der Waals surface area contributed by atoms with Crippen molar-refractivity contribution in [1.29, 1.82) is 0 Å². The zero-order chi connectivity index (χ0) is 22.3. The second kappa shape index (κ2) is 10.3. The number of nitrogens with one attached hydrogen (secondary N) is 2. The van der Waals surface area contributed by atoms with E-state index < -0.39 is 5.25 Å². The van der Waals surface area contributed by atoms with Gasteiger partial charge >= 0.3 is 0 Å². The standard InChI is InChI=1S/C26H22N2O2S2/c1-18-12-14-20(15-13-18)27-26(30)24(19-7-3-2-4-8-19)32-22-10-5-9-21(17-22)28-25(29)23-11-6-16-31-23/h2-17,24H,1H3,(H,27,30)(H,28,29). The second-order valence-electron chi connectivity index (χ2n) is 7.22. The Morgan fingerprint density at radius 3 is 2.31 bits per heavy atom. The molecule has 3 aromatic carbocycles. The summed E-state index contributed by atoms with van der Waals surface area (Å²) >= 11 is 2.85. The third-order valence-corrected chi connectivity index (χ3v) is 6.87. The molecular formula is C26H22N2O2S2. The highest BCUT2D eigenvalue weighted by Crippen LogP contribution is 2.37. The van der Waals surface area contributed by atoms with Gasteiger partial charge in [-0.25, -0.2) is 0 Å². The maximum atomic E-state index is 13.2. The van der Waals surface area contributed by atoms with E-state index in [1.807, 2.05) is 97.2 Å². The fourth-order valence-electron chi connectivity index (χ4n) is 3.13. The SMILES string of the molecule is Cc1ccc(NC(=O)C(Sc2cccc(NC(=O)c3cccs3)c2)c2ccccc2)cc1. The smallest absolute Gasteiger partial charge is 0.265 e. The zero-order valence-electron chi connectivity index (χ0n) is 17.4. The molecule has 0 radical (unpaired) electrons. The monoisotopic (exact) mass is 458 g/mol. The summed E-state index contributed by atoms with van der Waals surface area (Å²) in [4.78, 5) is 27.2. The van der Waals surface area contributed by atoms with E-state index in [0.717, 1.165) is 21.7 Å². The van der Waals surface area contributed by atoms with Gasteiger partial charge in [-0.1, -0.05) is 60.2 Å². The van der Waals surface area contributed by atoms with Crippen molar-refractivity contribution < 1.29 is 9.59 Å². The maximum Gasteiger partial charge on any atom is 0.265 e. The van der Waals surface area contributed by atoms with Crippen molar-refractivity contribution in [3.8, 4) is 0 Å². The lowest BCUT2D eigenvalue weighted by atomic mass is 10.1. The van der Waals surface area contributed by atoms with Crippen molar-refractivity contribution in [1.82, 2.24) is 0 Å². The number of aryl methyl sites for hydroxylation is 1. The Morgan fingerprint density at radius 1 is 0.812 bits per heavy atom. The van der Waals surface area contributed by atoms with Crippen LogP contribution in [0.25, 0.3) is 0 Å². The number of carbonyl (C=O) groups is 2. The van der Waals surface area contributed by atoms with Crippen molar-refractivity contribution in [2.45, 2.75) is 17.1 Å². The summed E-state index contributed by atoms with van der Waals surface area (Å²) in [7, 11) is 0. The van der Waals surface area contributed by atoms with Crippen molar-refractivity contribution in [2.24, 2.45) is 0 Å². The molecule has 0 saturated carbocycles. The molecule has 0 saturated heterocycles. The fraction of sp³-hybridized carbons (Fsp3) is 0.0769. The first-order valence-electron chi connectivity index (χ1n) is 10.1. The summed E-state index contributed by atoms with van der Waals surface area (Å²) in [5, 5.41) is 7.38. The van der Waals surface area contributed by atoms with E-state index in [0.29, 0.717) is 10.6 Å². The van der Waals surface area contributed by atoms with Crippen LogP contribution in [0.2, 0.25) is 0 Å². The van der Waals surface area contributed by atoms with Crippen LogP contribution in [0.15, 0.2) is 101 Å². The van der Waals surface area contributed by atoms with Crippen LogP contribution in [0.5, 0.6) is 0 Å². The first-order chi connectivity index (χ1) is 15.6. The van der Waals surface area contributed by atoms with Gasteiger partial charge < -0.3 is 10.6 Å². The van der Waals surface area contributed by atoms with Gasteiger partial charge in [-0.15, -0.1) is 23.1 Å². The largest absolute Gasteiger partial charge is 0.325 e. The molecule has 1 unspecified atom stereocenters. The number of benzene rings is 3. The minimum atomic E-state index is -0.444. The fourth-order valence-corrected chi connectivity index (χ4v) is 4.83. The van der Waals surface area contributed by atoms with E-state index in [4.69, 9.17) is 0 Å². The third kappa shape index (κ3) is 5.66. The molecule has 32 heavy (non-hydrogen) atoms. The molecule has 4 nitrogen and oxygen atoms in total. The number of thiophene rings is 1. The number of amides is 2. The van der Waals surface area contributed by atoms with Gasteiger partial charge in [-0.3, -0.25) is 9.59 Å². The molecule has 4 rings (SSSR count). The van der Waals surface area contributed by atoms with Crippen LogP contribution >= 0.6 is 23.1 Å². The number of thioether (sulfide) groups is 1. The predicted molar refractivity (Wildman–Crippen MR) is 134 cm³/mol. The molecule has 0 aliphatic heterocycles. The Bertz CT molecular complexity index is 1190. The second-order valence-corrected chi connectivity index (χ2v) is 9.35. The van der Waals surface area contributed by atoms with E-state index in [1.165, 1.54) is 23.1 Å². The Kier molecular flexibility index (Phi) is 7.04. The highest BCUT2D eigenvalue weighted by atomic mass is 32.2. The van der Waals surface area contributed by atoms with Gasteiger partial charge in [0, 0.05) is 16.3 Å². The van der Waals surface area contributed by atoms with Gasteiger partial charge in [0.25, 0.3) is 5.91 Å². The van der Waals surface area contributed by atoms with Gasteiger partial charge in [0.05, 0.1) is 4.88 Å². The molecule has 2 amide bonds. The molecule has 2 N–H and O–H groups in total.